The first kappa shape index (κ1) is 32.5. The Morgan fingerprint density at radius 2 is 1.06 bits per heavy atom. The number of hydrogen-bond donors (Lipinski definition) is 0. The van der Waals surface area contributed by atoms with Crippen LogP contribution in [0, 0.1) is 6.92 Å². The van der Waals surface area contributed by atoms with Gasteiger partial charge in [-0.25, -0.2) is 4.98 Å². The highest BCUT2D eigenvalue weighted by atomic mass is 16.3. The van der Waals surface area contributed by atoms with Crippen LogP contribution in [0.4, 0.5) is 0 Å². The van der Waals surface area contributed by atoms with Crippen LogP contribution in [0.3, 0.4) is 0 Å². The minimum atomic E-state index is 0.181. The van der Waals surface area contributed by atoms with Crippen molar-refractivity contribution in [2.45, 2.75) is 6.92 Å². The molecule has 8 aromatic carbocycles. The number of nitrogens with zero attached hydrogens (tertiary/aromatic N) is 2. The van der Waals surface area contributed by atoms with E-state index in [9.17, 15) is 0 Å². The van der Waals surface area contributed by atoms with Crippen LogP contribution >= 0.6 is 0 Å². The first-order chi connectivity index (χ1) is 26.3. The Bertz CT molecular complexity index is 3170. The predicted molar refractivity (Wildman–Crippen MR) is 231 cm³/mol. The third-order valence-corrected chi connectivity index (χ3v) is 10.8. The molecule has 0 unspecified atom stereocenters. The molecule has 10 radical (unpaired) electrons. The van der Waals surface area contributed by atoms with Crippen LogP contribution in [0.5, 0.6) is 0 Å². The van der Waals surface area contributed by atoms with E-state index in [-0.39, 0.29) is 27.3 Å². The lowest BCUT2D eigenvalue weighted by Crippen LogP contribution is -2.55. The molecule has 2 aromatic heterocycles. The standard InChI is InChI=1S/C46H25B5N2O/c1-24-52-33-16-6-8-18-35(33)53(24)34-17-7-4-13-29(34)39-26-11-2-3-12-27(26)40(31-15-10-20-37-41(31)30-14-5-9-19-36(30)54-37)32-23-25(21-22-28(32)39)38-42(47)44(49)46(51)45(50)43(38)48/h2-23H,1H3. The average Bonchev–Trinajstić information content (AvgIpc) is 3.75. The van der Waals surface area contributed by atoms with E-state index in [1.807, 2.05) is 36.4 Å². The summed E-state index contributed by atoms with van der Waals surface area (Å²) >= 11 is 0. The molecule has 240 valence electrons. The Hall–Kier alpha value is -6.13. The van der Waals surface area contributed by atoms with Gasteiger partial charge in [0, 0.05) is 16.3 Å². The topological polar surface area (TPSA) is 31.0 Å². The maximum atomic E-state index is 6.68. The van der Waals surface area contributed by atoms with E-state index < -0.39 is 0 Å². The van der Waals surface area contributed by atoms with Crippen LogP contribution in [-0.2, 0) is 0 Å². The highest BCUT2D eigenvalue weighted by Crippen LogP contribution is 2.48. The molecule has 0 aliphatic rings. The minimum Gasteiger partial charge on any atom is -0.456 e. The van der Waals surface area contributed by atoms with Crippen molar-refractivity contribution in [2.75, 3.05) is 0 Å². The van der Waals surface area contributed by atoms with Crippen LogP contribution in [0.25, 0.3) is 93.6 Å². The zero-order valence-corrected chi connectivity index (χ0v) is 29.4. The smallest absolute Gasteiger partial charge is 0.136 e. The van der Waals surface area contributed by atoms with Crippen molar-refractivity contribution in [3.8, 4) is 39.1 Å². The number of benzene rings is 8. The first-order valence-corrected chi connectivity index (χ1v) is 17.8. The van der Waals surface area contributed by atoms with E-state index in [0.29, 0.717) is 5.56 Å². The lowest BCUT2D eigenvalue weighted by Gasteiger charge is -2.24. The van der Waals surface area contributed by atoms with Gasteiger partial charge in [0.25, 0.3) is 0 Å². The highest BCUT2D eigenvalue weighted by molar-refractivity contribution is 6.68. The molecule has 10 aromatic rings. The van der Waals surface area contributed by atoms with Crippen molar-refractivity contribution in [3.05, 3.63) is 139 Å². The summed E-state index contributed by atoms with van der Waals surface area (Å²) in [4.78, 5) is 4.93. The zero-order chi connectivity index (χ0) is 36.8. The normalized spacial score (nSPS) is 11.8. The number of rotatable bonds is 4. The summed E-state index contributed by atoms with van der Waals surface area (Å²) in [6.07, 6.45) is 0. The maximum Gasteiger partial charge on any atom is 0.136 e. The van der Waals surface area contributed by atoms with Crippen LogP contribution in [0.2, 0.25) is 0 Å². The molecule has 8 heteroatoms. The minimum absolute atomic E-state index is 0.181. The molecule has 0 atom stereocenters. The van der Waals surface area contributed by atoms with Crippen molar-refractivity contribution < 1.29 is 4.42 Å². The van der Waals surface area contributed by atoms with Gasteiger partial charge in [0.15, 0.2) is 0 Å². The Balaban J connectivity index is 1.39. The van der Waals surface area contributed by atoms with E-state index in [1.165, 1.54) is 0 Å². The number of furan rings is 1. The number of imidazole rings is 1. The largest absolute Gasteiger partial charge is 0.456 e. The van der Waals surface area contributed by atoms with Crippen molar-refractivity contribution in [1.82, 2.24) is 9.55 Å². The molecule has 0 N–H and O–H groups in total. The molecule has 54 heavy (non-hydrogen) atoms. The highest BCUT2D eigenvalue weighted by Gasteiger charge is 2.24. The molecular weight excluding hydrogens is 651 g/mol. The first-order valence-electron chi connectivity index (χ1n) is 17.8. The second-order valence-electron chi connectivity index (χ2n) is 13.8. The third-order valence-electron chi connectivity index (χ3n) is 10.8. The monoisotopic (exact) mass is 676 g/mol. The molecule has 0 saturated heterocycles. The lowest BCUT2D eigenvalue weighted by molar-refractivity contribution is 0.669. The maximum absolute atomic E-state index is 6.68. The summed E-state index contributed by atoms with van der Waals surface area (Å²) in [7, 11) is 32.4. The van der Waals surface area contributed by atoms with Gasteiger partial charge in [-0.1, -0.05) is 108 Å². The Labute approximate surface area is 319 Å². The average molecular weight is 676 g/mol. The molecule has 0 saturated carbocycles. The molecular formula is C46H25B5N2O. The SMILES string of the molecule is [B]c1c([B])c([B])c(-c2ccc3c(-c4ccccc4-n4c(C)nc5ccccc54)c4ccccc4c(-c4cccc5oc6ccccc6c45)c3c2)c([B])c1[B]. The quantitative estimate of drug-likeness (QED) is 0.157. The van der Waals surface area contributed by atoms with Crippen LogP contribution < -0.4 is 27.3 Å². The van der Waals surface area contributed by atoms with Gasteiger partial charge in [-0.2, -0.15) is 0 Å². The summed E-state index contributed by atoms with van der Waals surface area (Å²) in [6, 6.07) is 46.2. The fraction of sp³-hybridized carbons (Fsp3) is 0.0217. The van der Waals surface area contributed by atoms with Gasteiger partial charge in [0.05, 0.1) is 16.7 Å². The number of para-hydroxylation sites is 4. The van der Waals surface area contributed by atoms with E-state index >= 15 is 0 Å². The van der Waals surface area contributed by atoms with E-state index in [0.717, 1.165) is 93.8 Å². The molecule has 2 heterocycles. The van der Waals surface area contributed by atoms with Crippen LogP contribution in [0.15, 0.2) is 138 Å². The molecule has 0 aliphatic carbocycles. The summed E-state index contributed by atoms with van der Waals surface area (Å²) in [6.45, 7) is 2.05. The molecule has 0 amide bonds. The lowest BCUT2D eigenvalue weighted by atomic mass is 9.59. The van der Waals surface area contributed by atoms with E-state index in [1.54, 1.807) is 0 Å². The number of aromatic nitrogens is 2. The molecule has 0 bridgehead atoms. The number of aryl methyl sites for hydroxylation is 1. The third kappa shape index (κ3) is 4.65. The summed E-state index contributed by atoms with van der Waals surface area (Å²) in [5.74, 6) is 0.902. The Morgan fingerprint density at radius 1 is 0.481 bits per heavy atom. The van der Waals surface area contributed by atoms with Gasteiger partial charge < -0.3 is 4.42 Å². The number of fused-ring (bicyclic) bond motifs is 6. The zero-order valence-electron chi connectivity index (χ0n) is 29.4. The Morgan fingerprint density at radius 3 is 1.83 bits per heavy atom. The molecule has 3 nitrogen and oxygen atoms in total. The van der Waals surface area contributed by atoms with Crippen molar-refractivity contribution >= 4 is 121 Å². The van der Waals surface area contributed by atoms with Crippen molar-refractivity contribution in [1.29, 1.82) is 0 Å². The molecule has 0 spiro atoms. The fourth-order valence-electron chi connectivity index (χ4n) is 8.39. The summed E-state index contributed by atoms with van der Waals surface area (Å²) in [5, 5.41) is 6.30. The van der Waals surface area contributed by atoms with E-state index in [4.69, 9.17) is 48.6 Å². The predicted octanol–water partition coefficient (Wildman–Crippen LogP) is 6.51. The summed E-state index contributed by atoms with van der Waals surface area (Å²) < 4.78 is 8.66. The van der Waals surface area contributed by atoms with Crippen molar-refractivity contribution in [3.63, 3.8) is 0 Å². The van der Waals surface area contributed by atoms with Gasteiger partial charge in [-0.05, 0) is 92.7 Å². The number of hydrogen-bond acceptors (Lipinski definition) is 2. The fourth-order valence-corrected chi connectivity index (χ4v) is 8.39. The van der Waals surface area contributed by atoms with Gasteiger partial charge in [0.1, 0.15) is 56.2 Å². The summed E-state index contributed by atoms with van der Waals surface area (Å²) in [5.41, 5.74) is 11.4. The van der Waals surface area contributed by atoms with Gasteiger partial charge >= 0.3 is 0 Å². The molecule has 10 rings (SSSR count). The van der Waals surface area contributed by atoms with Gasteiger partial charge in [0.2, 0.25) is 0 Å². The van der Waals surface area contributed by atoms with Crippen LogP contribution in [-0.4, -0.2) is 48.8 Å². The van der Waals surface area contributed by atoms with E-state index in [2.05, 4.69) is 109 Å². The molecule has 0 fully saturated rings. The molecule has 0 aliphatic heterocycles. The van der Waals surface area contributed by atoms with Gasteiger partial charge in [-0.15, -0.1) is 16.4 Å². The Kier molecular flexibility index (Phi) is 7.35. The van der Waals surface area contributed by atoms with Crippen LogP contribution in [0.1, 0.15) is 5.82 Å². The van der Waals surface area contributed by atoms with Crippen molar-refractivity contribution in [2.24, 2.45) is 0 Å². The van der Waals surface area contributed by atoms with Gasteiger partial charge in [-0.3, -0.25) is 4.57 Å². The second-order valence-corrected chi connectivity index (χ2v) is 13.8. The second kappa shape index (κ2) is 12.2.